The smallest absolute Gasteiger partial charge is 0.271 e. The van der Waals surface area contributed by atoms with Crippen molar-refractivity contribution in [3.05, 3.63) is 56.5 Å². The van der Waals surface area contributed by atoms with Crippen LogP contribution in [-0.2, 0) is 0 Å². The fourth-order valence-electron chi connectivity index (χ4n) is 2.04. The van der Waals surface area contributed by atoms with Gasteiger partial charge in [0.1, 0.15) is 0 Å². The van der Waals surface area contributed by atoms with Gasteiger partial charge in [0, 0.05) is 10.0 Å². The second kappa shape index (κ2) is 9.58. The van der Waals surface area contributed by atoms with Crippen LogP contribution >= 0.6 is 31.9 Å². The van der Waals surface area contributed by atoms with Crippen LogP contribution in [-0.4, -0.2) is 25.3 Å². The molecule has 0 heterocycles. The van der Waals surface area contributed by atoms with Gasteiger partial charge in [-0.1, -0.05) is 15.9 Å². The summed E-state index contributed by atoms with van der Waals surface area (Å²) in [7, 11) is 0. The van der Waals surface area contributed by atoms with E-state index in [1.807, 2.05) is 26.0 Å². The van der Waals surface area contributed by atoms with E-state index in [9.17, 15) is 4.79 Å². The SMILES string of the molecule is CCOc1cc(/C=N\NC(=O)c2ccc(Br)cc2)cc(Br)c1OCC. The Kier molecular flexibility index (Phi) is 7.46. The Morgan fingerprint density at radius 2 is 1.80 bits per heavy atom. The Labute approximate surface area is 163 Å². The average Bonchev–Trinajstić information content (AvgIpc) is 2.59. The maximum atomic E-state index is 12.0. The van der Waals surface area contributed by atoms with Gasteiger partial charge in [0.25, 0.3) is 5.91 Å². The van der Waals surface area contributed by atoms with Gasteiger partial charge in [-0.25, -0.2) is 5.43 Å². The summed E-state index contributed by atoms with van der Waals surface area (Å²) in [6, 6.07) is 10.7. The molecule has 25 heavy (non-hydrogen) atoms. The number of hydrogen-bond donors (Lipinski definition) is 1. The molecule has 2 aromatic carbocycles. The van der Waals surface area contributed by atoms with Crippen molar-refractivity contribution in [2.75, 3.05) is 13.2 Å². The molecule has 1 amide bonds. The molecule has 132 valence electrons. The van der Waals surface area contributed by atoms with Gasteiger partial charge in [-0.3, -0.25) is 4.79 Å². The maximum absolute atomic E-state index is 12.0. The molecule has 0 saturated carbocycles. The van der Waals surface area contributed by atoms with Crippen molar-refractivity contribution < 1.29 is 14.3 Å². The van der Waals surface area contributed by atoms with Crippen LogP contribution in [0.5, 0.6) is 11.5 Å². The van der Waals surface area contributed by atoms with Gasteiger partial charge < -0.3 is 9.47 Å². The van der Waals surface area contributed by atoms with Crippen molar-refractivity contribution in [2.45, 2.75) is 13.8 Å². The molecular weight excluding hydrogens is 452 g/mol. The summed E-state index contributed by atoms with van der Waals surface area (Å²) < 4.78 is 12.9. The van der Waals surface area contributed by atoms with Crippen LogP contribution < -0.4 is 14.9 Å². The highest BCUT2D eigenvalue weighted by Crippen LogP contribution is 2.36. The molecule has 0 spiro atoms. The third-order valence-electron chi connectivity index (χ3n) is 3.11. The van der Waals surface area contributed by atoms with E-state index in [2.05, 4.69) is 42.4 Å². The van der Waals surface area contributed by atoms with E-state index >= 15 is 0 Å². The molecule has 0 aromatic heterocycles. The molecule has 2 rings (SSSR count). The number of halogens is 2. The standard InChI is InChI=1S/C18H18Br2N2O3/c1-3-24-16-10-12(9-15(20)17(16)25-4-2)11-21-22-18(23)13-5-7-14(19)8-6-13/h5-11H,3-4H2,1-2H3,(H,22,23)/b21-11-. The molecule has 1 N–H and O–H groups in total. The van der Waals surface area contributed by atoms with Crippen molar-refractivity contribution in [2.24, 2.45) is 5.10 Å². The summed E-state index contributed by atoms with van der Waals surface area (Å²) in [6.07, 6.45) is 1.56. The number of carbonyl (C=O) groups is 1. The average molecular weight is 470 g/mol. The number of hydrogen-bond acceptors (Lipinski definition) is 4. The number of nitrogens with one attached hydrogen (secondary N) is 1. The molecule has 0 aliphatic heterocycles. The molecule has 0 saturated heterocycles. The third-order valence-corrected chi connectivity index (χ3v) is 4.22. The molecule has 7 heteroatoms. The van der Waals surface area contributed by atoms with Crippen molar-refractivity contribution in [3.63, 3.8) is 0 Å². The fraction of sp³-hybridized carbons (Fsp3) is 0.222. The monoisotopic (exact) mass is 468 g/mol. The van der Waals surface area contributed by atoms with Crippen LogP contribution in [0.15, 0.2) is 50.4 Å². The quantitative estimate of drug-likeness (QED) is 0.469. The zero-order valence-electron chi connectivity index (χ0n) is 13.9. The summed E-state index contributed by atoms with van der Waals surface area (Å²) in [5.74, 6) is 0.999. The lowest BCUT2D eigenvalue weighted by atomic mass is 10.2. The van der Waals surface area contributed by atoms with Gasteiger partial charge in [0.2, 0.25) is 0 Å². The number of hydrazone groups is 1. The third kappa shape index (κ3) is 5.57. The molecule has 0 bridgehead atoms. The van der Waals surface area contributed by atoms with Gasteiger partial charge in [0.15, 0.2) is 11.5 Å². The molecule has 0 atom stereocenters. The summed E-state index contributed by atoms with van der Waals surface area (Å²) in [5, 5.41) is 4.00. The molecule has 2 aromatic rings. The van der Waals surface area contributed by atoms with E-state index in [1.54, 1.807) is 30.5 Å². The van der Waals surface area contributed by atoms with Crippen molar-refractivity contribution in [1.29, 1.82) is 0 Å². The lowest BCUT2D eigenvalue weighted by Gasteiger charge is -2.13. The van der Waals surface area contributed by atoms with E-state index in [-0.39, 0.29) is 5.91 Å². The maximum Gasteiger partial charge on any atom is 0.271 e. The van der Waals surface area contributed by atoms with Crippen LogP contribution in [0.1, 0.15) is 29.8 Å². The number of rotatable bonds is 7. The molecule has 0 unspecified atom stereocenters. The number of benzene rings is 2. The van der Waals surface area contributed by atoms with Crippen molar-refractivity contribution in [3.8, 4) is 11.5 Å². The second-order valence-corrected chi connectivity index (χ2v) is 6.67. The van der Waals surface area contributed by atoms with Crippen LogP contribution in [0.25, 0.3) is 0 Å². The Morgan fingerprint density at radius 1 is 1.12 bits per heavy atom. The summed E-state index contributed by atoms with van der Waals surface area (Å²) >= 11 is 6.81. The van der Waals surface area contributed by atoms with Crippen LogP contribution in [0.3, 0.4) is 0 Å². The minimum atomic E-state index is -0.279. The van der Waals surface area contributed by atoms with E-state index < -0.39 is 0 Å². The number of nitrogens with zero attached hydrogens (tertiary/aromatic N) is 1. The molecule has 0 aliphatic rings. The van der Waals surface area contributed by atoms with Gasteiger partial charge >= 0.3 is 0 Å². The Bertz CT molecular complexity index is 762. The number of carbonyl (C=O) groups excluding carboxylic acids is 1. The Balaban J connectivity index is 2.12. The summed E-state index contributed by atoms with van der Waals surface area (Å²) in [6.45, 7) is 4.88. The minimum Gasteiger partial charge on any atom is -0.490 e. The predicted octanol–water partition coefficient (Wildman–Crippen LogP) is 4.77. The fourth-order valence-corrected chi connectivity index (χ4v) is 2.88. The molecule has 0 aliphatic carbocycles. The number of amides is 1. The first-order valence-electron chi connectivity index (χ1n) is 7.73. The van der Waals surface area contributed by atoms with E-state index in [1.165, 1.54) is 0 Å². The lowest BCUT2D eigenvalue weighted by Crippen LogP contribution is -2.17. The van der Waals surface area contributed by atoms with Gasteiger partial charge in [-0.2, -0.15) is 5.10 Å². The Morgan fingerprint density at radius 3 is 2.44 bits per heavy atom. The minimum absolute atomic E-state index is 0.279. The van der Waals surface area contributed by atoms with Gasteiger partial charge in [0.05, 0.1) is 23.9 Å². The van der Waals surface area contributed by atoms with Gasteiger partial charge in [-0.15, -0.1) is 0 Å². The highest BCUT2D eigenvalue weighted by Gasteiger charge is 2.11. The topological polar surface area (TPSA) is 59.9 Å². The van der Waals surface area contributed by atoms with Crippen molar-refractivity contribution in [1.82, 2.24) is 5.43 Å². The van der Waals surface area contributed by atoms with E-state index in [0.29, 0.717) is 30.3 Å². The predicted molar refractivity (Wildman–Crippen MR) is 106 cm³/mol. The second-order valence-electron chi connectivity index (χ2n) is 4.90. The highest BCUT2D eigenvalue weighted by molar-refractivity contribution is 9.10. The zero-order valence-corrected chi connectivity index (χ0v) is 17.1. The zero-order chi connectivity index (χ0) is 18.2. The number of ether oxygens (including phenoxy) is 2. The van der Waals surface area contributed by atoms with Crippen LogP contribution in [0, 0.1) is 0 Å². The first kappa shape index (κ1) is 19.5. The first-order valence-corrected chi connectivity index (χ1v) is 9.31. The van der Waals surface area contributed by atoms with Crippen LogP contribution in [0.2, 0.25) is 0 Å². The molecule has 0 radical (unpaired) electrons. The molecule has 0 fully saturated rings. The largest absolute Gasteiger partial charge is 0.490 e. The Hall–Kier alpha value is -1.86. The lowest BCUT2D eigenvalue weighted by molar-refractivity contribution is 0.0955. The summed E-state index contributed by atoms with van der Waals surface area (Å²) in [4.78, 5) is 12.0. The van der Waals surface area contributed by atoms with Crippen molar-refractivity contribution >= 4 is 44.0 Å². The summed E-state index contributed by atoms with van der Waals surface area (Å²) in [5.41, 5.74) is 3.81. The van der Waals surface area contributed by atoms with Crippen LogP contribution in [0.4, 0.5) is 0 Å². The van der Waals surface area contributed by atoms with Gasteiger partial charge in [-0.05, 0) is 71.7 Å². The first-order chi connectivity index (χ1) is 12.0. The van der Waals surface area contributed by atoms with E-state index in [0.717, 1.165) is 14.5 Å². The highest BCUT2D eigenvalue weighted by atomic mass is 79.9. The normalized spacial score (nSPS) is 10.7. The molecule has 5 nitrogen and oxygen atoms in total. The van der Waals surface area contributed by atoms with E-state index in [4.69, 9.17) is 9.47 Å². The molecular formula is C18H18Br2N2O3.